The fourth-order valence-electron chi connectivity index (χ4n) is 4.29. The standard InChI is InChI=1S/C25H24N6O2/c1-2-21(32)30-14-5-7-20(30)25-29-22(23-24(26)28-13-15-31(23)25)17-8-10-19(11-9-17)33-16-18-6-3-4-12-27-18/h2-4,6,8-13,15,20H,1,5,7,14,16H2,(H2,26,28). The molecule has 4 aromatic rings. The van der Waals surface area contributed by atoms with Crippen molar-refractivity contribution in [1.29, 1.82) is 0 Å². The van der Waals surface area contributed by atoms with Crippen molar-refractivity contribution in [3.8, 4) is 17.0 Å². The molecule has 3 aromatic heterocycles. The molecule has 8 nitrogen and oxygen atoms in total. The molecule has 5 rings (SSSR count). The van der Waals surface area contributed by atoms with E-state index in [4.69, 9.17) is 15.5 Å². The van der Waals surface area contributed by atoms with Gasteiger partial charge < -0.3 is 15.4 Å². The van der Waals surface area contributed by atoms with Crippen LogP contribution in [0.4, 0.5) is 5.82 Å². The summed E-state index contributed by atoms with van der Waals surface area (Å²) in [6.07, 6.45) is 8.35. The van der Waals surface area contributed by atoms with Gasteiger partial charge in [-0.15, -0.1) is 0 Å². The molecule has 0 aliphatic carbocycles. The fourth-order valence-corrected chi connectivity index (χ4v) is 4.29. The number of nitrogens with zero attached hydrogens (tertiary/aromatic N) is 5. The third-order valence-corrected chi connectivity index (χ3v) is 5.86. The Morgan fingerprint density at radius 1 is 1.18 bits per heavy atom. The predicted octanol–water partition coefficient (Wildman–Crippen LogP) is 3.80. The van der Waals surface area contributed by atoms with Gasteiger partial charge in [0, 0.05) is 30.7 Å². The van der Waals surface area contributed by atoms with Crippen molar-refractivity contribution in [2.24, 2.45) is 0 Å². The number of amides is 1. The van der Waals surface area contributed by atoms with E-state index in [1.165, 1.54) is 6.08 Å². The molecule has 1 atom stereocenters. The number of aromatic nitrogens is 4. The molecule has 4 heterocycles. The number of hydrogen-bond donors (Lipinski definition) is 1. The maximum Gasteiger partial charge on any atom is 0.246 e. The molecule has 1 amide bonds. The Balaban J connectivity index is 1.48. The maximum atomic E-state index is 12.4. The van der Waals surface area contributed by atoms with E-state index in [-0.39, 0.29) is 11.9 Å². The van der Waals surface area contributed by atoms with Crippen LogP contribution in [0.3, 0.4) is 0 Å². The van der Waals surface area contributed by atoms with Crippen molar-refractivity contribution in [2.45, 2.75) is 25.5 Å². The number of carbonyl (C=O) groups is 1. The van der Waals surface area contributed by atoms with Gasteiger partial charge >= 0.3 is 0 Å². The molecule has 33 heavy (non-hydrogen) atoms. The highest BCUT2D eigenvalue weighted by molar-refractivity contribution is 5.88. The van der Waals surface area contributed by atoms with Gasteiger partial charge in [-0.2, -0.15) is 0 Å². The minimum atomic E-state index is -0.139. The zero-order valence-electron chi connectivity index (χ0n) is 18.1. The highest BCUT2D eigenvalue weighted by Crippen LogP contribution is 2.36. The lowest BCUT2D eigenvalue weighted by atomic mass is 10.1. The number of nitrogen functional groups attached to an aromatic ring is 1. The molecule has 166 valence electrons. The summed E-state index contributed by atoms with van der Waals surface area (Å²) in [5.41, 5.74) is 9.48. The van der Waals surface area contributed by atoms with Gasteiger partial charge in [-0.05, 0) is 55.3 Å². The maximum absolute atomic E-state index is 12.4. The topological polar surface area (TPSA) is 98.6 Å². The molecule has 8 heteroatoms. The van der Waals surface area contributed by atoms with E-state index in [0.29, 0.717) is 19.0 Å². The molecular formula is C25H24N6O2. The van der Waals surface area contributed by atoms with Gasteiger partial charge in [0.1, 0.15) is 35.2 Å². The first-order chi connectivity index (χ1) is 16.2. The number of imidazole rings is 1. The summed E-state index contributed by atoms with van der Waals surface area (Å²) in [4.78, 5) is 27.7. The van der Waals surface area contributed by atoms with E-state index in [1.807, 2.05) is 58.0 Å². The van der Waals surface area contributed by atoms with Gasteiger partial charge in [0.15, 0.2) is 0 Å². The number of anilines is 1. The van der Waals surface area contributed by atoms with Crippen molar-refractivity contribution in [1.82, 2.24) is 24.3 Å². The highest BCUT2D eigenvalue weighted by Gasteiger charge is 2.33. The van der Waals surface area contributed by atoms with Gasteiger partial charge in [0.2, 0.25) is 5.91 Å². The minimum absolute atomic E-state index is 0.0905. The number of carbonyl (C=O) groups excluding carboxylic acids is 1. The van der Waals surface area contributed by atoms with Crippen LogP contribution in [0.15, 0.2) is 73.7 Å². The zero-order chi connectivity index (χ0) is 22.8. The molecule has 0 bridgehead atoms. The highest BCUT2D eigenvalue weighted by atomic mass is 16.5. The second-order valence-corrected chi connectivity index (χ2v) is 7.88. The molecule has 0 radical (unpaired) electrons. The van der Waals surface area contributed by atoms with E-state index in [9.17, 15) is 4.79 Å². The van der Waals surface area contributed by atoms with Gasteiger partial charge in [-0.1, -0.05) is 12.6 Å². The third kappa shape index (κ3) is 3.91. The fraction of sp³-hybridized carbons (Fsp3) is 0.200. The molecule has 1 aliphatic heterocycles. The first-order valence-electron chi connectivity index (χ1n) is 10.8. The van der Waals surface area contributed by atoms with Gasteiger partial charge in [0.25, 0.3) is 0 Å². The summed E-state index contributed by atoms with van der Waals surface area (Å²) in [5, 5.41) is 0. The lowest BCUT2D eigenvalue weighted by Gasteiger charge is -2.22. The smallest absolute Gasteiger partial charge is 0.246 e. The predicted molar refractivity (Wildman–Crippen MR) is 125 cm³/mol. The number of fused-ring (bicyclic) bond motifs is 1. The van der Waals surface area contributed by atoms with Crippen molar-refractivity contribution >= 4 is 17.2 Å². The van der Waals surface area contributed by atoms with Crippen LogP contribution in [0.1, 0.15) is 30.4 Å². The number of likely N-dealkylation sites (tertiary alicyclic amines) is 1. The number of nitrogens with two attached hydrogens (primary N) is 1. The molecule has 0 spiro atoms. The van der Waals surface area contributed by atoms with E-state index in [2.05, 4.69) is 16.5 Å². The number of rotatable bonds is 6. The van der Waals surface area contributed by atoms with Crippen molar-refractivity contribution in [2.75, 3.05) is 12.3 Å². The second-order valence-electron chi connectivity index (χ2n) is 7.88. The lowest BCUT2D eigenvalue weighted by molar-refractivity contribution is -0.127. The Hall–Kier alpha value is -4.20. The van der Waals surface area contributed by atoms with Crippen LogP contribution >= 0.6 is 0 Å². The van der Waals surface area contributed by atoms with E-state index < -0.39 is 0 Å². The quantitative estimate of drug-likeness (QED) is 0.458. The summed E-state index contributed by atoms with van der Waals surface area (Å²) < 4.78 is 7.80. The average molecular weight is 441 g/mol. The van der Waals surface area contributed by atoms with Crippen LogP contribution in [0, 0.1) is 0 Å². The number of ether oxygens (including phenoxy) is 1. The largest absolute Gasteiger partial charge is 0.487 e. The molecule has 1 aliphatic rings. The summed E-state index contributed by atoms with van der Waals surface area (Å²) in [6, 6.07) is 13.3. The van der Waals surface area contributed by atoms with Crippen LogP contribution in [0.5, 0.6) is 5.75 Å². The van der Waals surface area contributed by atoms with Crippen LogP contribution in [-0.4, -0.2) is 36.7 Å². The molecule has 1 saturated heterocycles. The minimum Gasteiger partial charge on any atom is -0.487 e. The van der Waals surface area contributed by atoms with Gasteiger partial charge in [0.05, 0.1) is 11.7 Å². The molecule has 1 aromatic carbocycles. The molecule has 2 N–H and O–H groups in total. The monoisotopic (exact) mass is 440 g/mol. The van der Waals surface area contributed by atoms with E-state index in [1.54, 1.807) is 12.4 Å². The molecule has 1 fully saturated rings. The first-order valence-corrected chi connectivity index (χ1v) is 10.8. The number of benzene rings is 1. The summed E-state index contributed by atoms with van der Waals surface area (Å²) >= 11 is 0. The second kappa shape index (κ2) is 8.74. The lowest BCUT2D eigenvalue weighted by Crippen LogP contribution is -2.29. The van der Waals surface area contributed by atoms with Crippen LogP contribution in [0.25, 0.3) is 16.8 Å². The molecule has 1 unspecified atom stereocenters. The third-order valence-electron chi connectivity index (χ3n) is 5.86. The average Bonchev–Trinajstić information content (AvgIpc) is 3.49. The normalized spacial score (nSPS) is 15.6. The SMILES string of the molecule is C=CC(=O)N1CCCC1c1nc(-c2ccc(OCc3ccccn3)cc2)c2c(N)nccn12. The van der Waals surface area contributed by atoms with Crippen LogP contribution in [0.2, 0.25) is 0 Å². The summed E-state index contributed by atoms with van der Waals surface area (Å²) in [5.74, 6) is 1.81. The van der Waals surface area contributed by atoms with Gasteiger partial charge in [-0.25, -0.2) is 9.97 Å². The van der Waals surface area contributed by atoms with E-state index >= 15 is 0 Å². The van der Waals surface area contributed by atoms with Crippen molar-refractivity contribution in [3.63, 3.8) is 0 Å². The molecule has 0 saturated carbocycles. The Morgan fingerprint density at radius 2 is 2.03 bits per heavy atom. The van der Waals surface area contributed by atoms with Crippen LogP contribution in [-0.2, 0) is 11.4 Å². The molecular weight excluding hydrogens is 416 g/mol. The summed E-state index contributed by atoms with van der Waals surface area (Å²) in [6.45, 7) is 4.72. The van der Waals surface area contributed by atoms with E-state index in [0.717, 1.165) is 46.9 Å². The Labute approximate surface area is 191 Å². The van der Waals surface area contributed by atoms with Gasteiger partial charge in [-0.3, -0.25) is 14.2 Å². The number of hydrogen-bond acceptors (Lipinski definition) is 6. The summed E-state index contributed by atoms with van der Waals surface area (Å²) in [7, 11) is 0. The number of pyridine rings is 1. The Kier molecular flexibility index (Phi) is 5.48. The van der Waals surface area contributed by atoms with Crippen molar-refractivity contribution < 1.29 is 9.53 Å². The first kappa shape index (κ1) is 20.7. The Morgan fingerprint density at radius 3 is 2.79 bits per heavy atom. The Bertz CT molecular complexity index is 1300. The van der Waals surface area contributed by atoms with Crippen LogP contribution < -0.4 is 10.5 Å². The zero-order valence-corrected chi connectivity index (χ0v) is 18.1. The van der Waals surface area contributed by atoms with Crippen molar-refractivity contribution in [3.05, 3.63) is 85.2 Å².